The zero-order valence-electron chi connectivity index (χ0n) is 19.2. The predicted octanol–water partition coefficient (Wildman–Crippen LogP) is 4.08. The molecule has 0 saturated heterocycles. The van der Waals surface area contributed by atoms with E-state index in [4.69, 9.17) is 14.6 Å². The standard InChI is InChI=1S/C23H27N3O2.C2HF3O2/c1-28-18-9-10-21-19(15-18)20-14-17(25-23(27)22(20)26-21)8-5-12-24-13-11-16-6-3-2-4-7-16;3-2(4,5)1(6)7/h2-4,6-7,9-10,15,17,24,26H,5,8,11-14H2,1H3,(H,25,27);(H,6,7). The number of methoxy groups -OCH3 is 1. The highest BCUT2D eigenvalue weighted by Crippen LogP contribution is 2.30. The van der Waals surface area contributed by atoms with E-state index in [-0.39, 0.29) is 11.9 Å². The van der Waals surface area contributed by atoms with Gasteiger partial charge in [0.25, 0.3) is 5.91 Å². The summed E-state index contributed by atoms with van der Waals surface area (Å²) < 4.78 is 37.1. The summed E-state index contributed by atoms with van der Waals surface area (Å²) in [6.07, 6.45) is -1.17. The number of carbonyl (C=O) groups excluding carboxylic acids is 1. The first-order valence-corrected chi connectivity index (χ1v) is 11.2. The number of alkyl halides is 3. The maximum atomic E-state index is 12.5. The molecule has 1 unspecified atom stereocenters. The van der Waals surface area contributed by atoms with Crippen molar-refractivity contribution in [1.29, 1.82) is 0 Å². The van der Waals surface area contributed by atoms with E-state index in [0.29, 0.717) is 5.69 Å². The van der Waals surface area contributed by atoms with Gasteiger partial charge in [0.05, 0.1) is 7.11 Å². The molecular formula is C25H28F3N3O4. The number of aliphatic carboxylic acids is 1. The Hall–Kier alpha value is -3.53. The third-order valence-corrected chi connectivity index (χ3v) is 5.71. The molecule has 2 aromatic carbocycles. The molecule has 188 valence electrons. The Bertz CT molecular complexity index is 1150. The van der Waals surface area contributed by atoms with E-state index in [0.717, 1.165) is 61.0 Å². The lowest BCUT2D eigenvalue weighted by Gasteiger charge is -2.24. The Kier molecular flexibility index (Phi) is 8.75. The van der Waals surface area contributed by atoms with Gasteiger partial charge in [0.1, 0.15) is 11.4 Å². The van der Waals surface area contributed by atoms with E-state index in [1.54, 1.807) is 7.11 Å². The Morgan fingerprint density at radius 3 is 2.54 bits per heavy atom. The molecule has 0 bridgehead atoms. The van der Waals surface area contributed by atoms with Crippen LogP contribution in [0.3, 0.4) is 0 Å². The number of aromatic nitrogens is 1. The third kappa shape index (κ3) is 7.22. The van der Waals surface area contributed by atoms with Crippen molar-refractivity contribution in [1.82, 2.24) is 15.6 Å². The summed E-state index contributed by atoms with van der Waals surface area (Å²) in [6.45, 7) is 1.95. The number of hydrogen-bond acceptors (Lipinski definition) is 4. The lowest BCUT2D eigenvalue weighted by molar-refractivity contribution is -0.192. The summed E-state index contributed by atoms with van der Waals surface area (Å²) in [5.74, 6) is -1.94. The van der Waals surface area contributed by atoms with Crippen LogP contribution in [0.1, 0.15) is 34.5 Å². The zero-order chi connectivity index (χ0) is 25.4. The quantitative estimate of drug-likeness (QED) is 0.356. The van der Waals surface area contributed by atoms with Gasteiger partial charge in [0.2, 0.25) is 0 Å². The number of carbonyl (C=O) groups is 2. The number of benzene rings is 2. The maximum Gasteiger partial charge on any atom is 0.490 e. The van der Waals surface area contributed by atoms with Crippen LogP contribution in [0.5, 0.6) is 5.75 Å². The largest absolute Gasteiger partial charge is 0.497 e. The Labute approximate surface area is 200 Å². The van der Waals surface area contributed by atoms with Crippen LogP contribution in [0.2, 0.25) is 0 Å². The minimum absolute atomic E-state index is 0.00143. The van der Waals surface area contributed by atoms with E-state index < -0.39 is 12.1 Å². The van der Waals surface area contributed by atoms with Crippen molar-refractivity contribution >= 4 is 22.8 Å². The van der Waals surface area contributed by atoms with Crippen LogP contribution >= 0.6 is 0 Å². The molecule has 1 amide bonds. The fourth-order valence-corrected chi connectivity index (χ4v) is 3.96. The van der Waals surface area contributed by atoms with E-state index in [1.165, 1.54) is 5.56 Å². The van der Waals surface area contributed by atoms with Crippen LogP contribution in [0.4, 0.5) is 13.2 Å². The summed E-state index contributed by atoms with van der Waals surface area (Å²) in [6, 6.07) is 16.6. The van der Waals surface area contributed by atoms with Crippen molar-refractivity contribution in [2.24, 2.45) is 0 Å². The van der Waals surface area contributed by atoms with Gasteiger partial charge in [-0.05, 0) is 68.1 Å². The number of nitrogens with one attached hydrogen (secondary N) is 3. The summed E-state index contributed by atoms with van der Waals surface area (Å²) >= 11 is 0. The van der Waals surface area contributed by atoms with Gasteiger partial charge in [-0.3, -0.25) is 4.79 Å². The van der Waals surface area contributed by atoms with Crippen LogP contribution in [-0.4, -0.2) is 54.4 Å². The lowest BCUT2D eigenvalue weighted by Crippen LogP contribution is -2.41. The fourth-order valence-electron chi connectivity index (χ4n) is 3.96. The molecule has 4 N–H and O–H groups in total. The van der Waals surface area contributed by atoms with Crippen LogP contribution in [0.15, 0.2) is 48.5 Å². The number of ether oxygens (including phenoxy) is 1. The van der Waals surface area contributed by atoms with Gasteiger partial charge in [0.15, 0.2) is 0 Å². The summed E-state index contributed by atoms with van der Waals surface area (Å²) in [5, 5.41) is 14.9. The highest BCUT2D eigenvalue weighted by molar-refractivity contribution is 6.02. The number of rotatable bonds is 8. The SMILES string of the molecule is COc1ccc2[nH]c3c(c2c1)CC(CCCNCCc1ccccc1)NC3=O.O=C(O)C(F)(F)F. The average molecular weight is 492 g/mol. The molecule has 4 rings (SSSR count). The Morgan fingerprint density at radius 2 is 1.89 bits per heavy atom. The minimum atomic E-state index is -5.08. The second-order valence-electron chi connectivity index (χ2n) is 8.20. The van der Waals surface area contributed by atoms with Crippen LogP contribution in [0, 0.1) is 0 Å². The summed E-state index contributed by atoms with van der Waals surface area (Å²) in [4.78, 5) is 24.7. The molecular weight excluding hydrogens is 463 g/mol. The smallest absolute Gasteiger partial charge is 0.490 e. The molecule has 1 aliphatic rings. The van der Waals surface area contributed by atoms with Crippen molar-refractivity contribution in [2.45, 2.75) is 37.9 Å². The summed E-state index contributed by atoms with van der Waals surface area (Å²) in [7, 11) is 1.67. The third-order valence-electron chi connectivity index (χ3n) is 5.71. The molecule has 2 heterocycles. The lowest BCUT2D eigenvalue weighted by atomic mass is 9.95. The molecule has 7 nitrogen and oxygen atoms in total. The molecule has 1 aliphatic heterocycles. The number of H-pyrrole nitrogens is 1. The second kappa shape index (κ2) is 11.7. The first-order valence-electron chi connectivity index (χ1n) is 11.2. The second-order valence-corrected chi connectivity index (χ2v) is 8.20. The van der Waals surface area contributed by atoms with E-state index in [9.17, 15) is 18.0 Å². The van der Waals surface area contributed by atoms with E-state index in [2.05, 4.69) is 39.9 Å². The molecule has 1 atom stereocenters. The van der Waals surface area contributed by atoms with Crippen molar-refractivity contribution in [3.8, 4) is 5.75 Å². The minimum Gasteiger partial charge on any atom is -0.497 e. The Balaban J connectivity index is 0.000000429. The molecule has 3 aromatic rings. The summed E-state index contributed by atoms with van der Waals surface area (Å²) in [5.41, 5.74) is 4.15. The van der Waals surface area contributed by atoms with Gasteiger partial charge in [0, 0.05) is 16.9 Å². The number of carboxylic acids is 1. The topological polar surface area (TPSA) is 103 Å². The number of fused-ring (bicyclic) bond motifs is 3. The van der Waals surface area contributed by atoms with E-state index >= 15 is 0 Å². The fraction of sp³-hybridized carbons (Fsp3) is 0.360. The molecule has 35 heavy (non-hydrogen) atoms. The van der Waals surface area contributed by atoms with Gasteiger partial charge in [-0.15, -0.1) is 0 Å². The molecule has 0 radical (unpaired) electrons. The maximum absolute atomic E-state index is 12.5. The molecule has 10 heteroatoms. The average Bonchev–Trinajstić information content (AvgIpc) is 3.20. The van der Waals surface area contributed by atoms with Gasteiger partial charge in [-0.2, -0.15) is 13.2 Å². The molecule has 0 spiro atoms. The molecule has 1 aromatic heterocycles. The monoisotopic (exact) mass is 491 g/mol. The van der Waals surface area contributed by atoms with E-state index in [1.807, 2.05) is 24.3 Å². The molecule has 0 aliphatic carbocycles. The Morgan fingerprint density at radius 1 is 1.17 bits per heavy atom. The van der Waals surface area contributed by atoms with Crippen LogP contribution < -0.4 is 15.4 Å². The number of halogens is 3. The van der Waals surface area contributed by atoms with Crippen molar-refractivity contribution in [3.63, 3.8) is 0 Å². The van der Waals surface area contributed by atoms with Crippen LogP contribution in [-0.2, 0) is 17.6 Å². The highest BCUT2D eigenvalue weighted by Gasteiger charge is 2.38. The first-order chi connectivity index (χ1) is 16.7. The molecule has 0 fully saturated rings. The van der Waals surface area contributed by atoms with Crippen molar-refractivity contribution in [2.75, 3.05) is 20.2 Å². The van der Waals surface area contributed by atoms with Gasteiger partial charge < -0.3 is 25.5 Å². The van der Waals surface area contributed by atoms with Crippen molar-refractivity contribution < 1.29 is 32.6 Å². The number of carboxylic acid groups (broad SMARTS) is 1. The zero-order valence-corrected chi connectivity index (χ0v) is 19.2. The number of amides is 1. The van der Waals surface area contributed by atoms with Gasteiger partial charge >= 0.3 is 12.1 Å². The highest BCUT2D eigenvalue weighted by atomic mass is 19.4. The van der Waals surface area contributed by atoms with Gasteiger partial charge in [-0.1, -0.05) is 30.3 Å². The molecule has 0 saturated carbocycles. The van der Waals surface area contributed by atoms with Crippen LogP contribution in [0.25, 0.3) is 10.9 Å². The predicted molar refractivity (Wildman–Crippen MR) is 126 cm³/mol. The first kappa shape index (κ1) is 26.1. The van der Waals surface area contributed by atoms with Crippen molar-refractivity contribution in [3.05, 3.63) is 65.4 Å². The van der Waals surface area contributed by atoms with Gasteiger partial charge in [-0.25, -0.2) is 4.79 Å². The number of hydrogen-bond donors (Lipinski definition) is 4. The normalized spacial score (nSPS) is 15.1. The number of aromatic amines is 1.